The summed E-state index contributed by atoms with van der Waals surface area (Å²) in [5, 5.41) is 11.8. The van der Waals surface area contributed by atoms with Crippen molar-refractivity contribution in [2.45, 2.75) is 26.8 Å². The highest BCUT2D eigenvalue weighted by atomic mass is 32.1. The van der Waals surface area contributed by atoms with E-state index >= 15 is 0 Å². The zero-order valence-corrected chi connectivity index (χ0v) is 22.9. The molecule has 0 amide bonds. The molecule has 1 aromatic heterocycles. The highest BCUT2D eigenvalue weighted by Crippen LogP contribution is 2.37. The normalized spacial score (nSPS) is 14.9. The van der Waals surface area contributed by atoms with E-state index in [0.717, 1.165) is 11.3 Å². The van der Waals surface area contributed by atoms with Crippen LogP contribution >= 0.6 is 11.3 Å². The molecule has 204 valence electrons. The van der Waals surface area contributed by atoms with Gasteiger partial charge >= 0.3 is 5.97 Å². The molecule has 1 atom stereocenters. The first-order chi connectivity index (χ1) is 18.7. The number of esters is 1. The van der Waals surface area contributed by atoms with Crippen LogP contribution in [0, 0.1) is 10.1 Å². The van der Waals surface area contributed by atoms with E-state index in [0.29, 0.717) is 28.4 Å². The molecule has 0 bridgehead atoms. The Balaban J connectivity index is 2.02. The van der Waals surface area contributed by atoms with Crippen LogP contribution < -0.4 is 29.1 Å². The summed E-state index contributed by atoms with van der Waals surface area (Å²) in [4.78, 5) is 43.2. The van der Waals surface area contributed by atoms with Gasteiger partial charge in [-0.3, -0.25) is 19.5 Å². The number of thiazole rings is 1. The van der Waals surface area contributed by atoms with Crippen LogP contribution in [-0.4, -0.2) is 42.9 Å². The highest BCUT2D eigenvalue weighted by Gasteiger charge is 2.35. The molecule has 0 aliphatic carbocycles. The molecule has 4 rings (SSSR count). The summed E-state index contributed by atoms with van der Waals surface area (Å²) in [6, 6.07) is 8.93. The molecule has 0 unspecified atom stereocenters. The zero-order chi connectivity index (χ0) is 28.3. The minimum absolute atomic E-state index is 0.142. The standard InChI is InChI=1S/C27H27N3O8S/c1-6-37-19-11-9-8-10-17(19)24-23(26(32)38-7-2)15(3)28-27-29(24)25(31)22(39-27)13-16-12-20(35-4)21(36-5)14-18(16)30(33)34/h8-14,24H,6-7H2,1-5H3/b22-13-/t24-/m0/s1. The van der Waals surface area contributed by atoms with Gasteiger partial charge < -0.3 is 18.9 Å². The van der Waals surface area contributed by atoms with Gasteiger partial charge in [0.1, 0.15) is 11.8 Å². The second-order valence-corrected chi connectivity index (χ2v) is 9.31. The van der Waals surface area contributed by atoms with Crippen LogP contribution in [0.4, 0.5) is 5.69 Å². The molecule has 0 saturated carbocycles. The van der Waals surface area contributed by atoms with E-state index in [1.165, 1.54) is 37.0 Å². The predicted molar refractivity (Wildman–Crippen MR) is 144 cm³/mol. The van der Waals surface area contributed by atoms with Crippen molar-refractivity contribution in [3.63, 3.8) is 0 Å². The minimum Gasteiger partial charge on any atom is -0.494 e. The Morgan fingerprint density at radius 2 is 1.82 bits per heavy atom. The summed E-state index contributed by atoms with van der Waals surface area (Å²) >= 11 is 1.06. The van der Waals surface area contributed by atoms with Crippen molar-refractivity contribution in [3.8, 4) is 17.2 Å². The van der Waals surface area contributed by atoms with Gasteiger partial charge in [-0.15, -0.1) is 0 Å². The lowest BCUT2D eigenvalue weighted by Crippen LogP contribution is -2.40. The second-order valence-electron chi connectivity index (χ2n) is 8.30. The molecule has 12 heteroatoms. The number of fused-ring (bicyclic) bond motifs is 1. The van der Waals surface area contributed by atoms with Crippen molar-refractivity contribution >= 4 is 29.1 Å². The SMILES string of the molecule is CCOC(=O)C1=C(C)N=c2s/c(=C\c3cc(OC)c(OC)cc3[N+](=O)[O-])c(=O)n2[C@H]1c1ccccc1OCC. The largest absolute Gasteiger partial charge is 0.494 e. The average molecular weight is 554 g/mol. The lowest BCUT2D eigenvalue weighted by atomic mass is 9.95. The van der Waals surface area contributed by atoms with Gasteiger partial charge in [-0.2, -0.15) is 0 Å². The zero-order valence-electron chi connectivity index (χ0n) is 22.0. The molecular formula is C27H27N3O8S. The number of nitro groups is 1. The van der Waals surface area contributed by atoms with E-state index in [4.69, 9.17) is 18.9 Å². The number of carbonyl (C=O) groups excluding carboxylic acids is 1. The van der Waals surface area contributed by atoms with E-state index in [-0.39, 0.29) is 39.5 Å². The second kappa shape index (κ2) is 11.5. The lowest BCUT2D eigenvalue weighted by Gasteiger charge is -2.26. The molecule has 1 aliphatic rings. The molecule has 11 nitrogen and oxygen atoms in total. The summed E-state index contributed by atoms with van der Waals surface area (Å²) in [5.41, 5.74) is 0.597. The fraction of sp³-hybridized carbons (Fsp3) is 0.296. The van der Waals surface area contributed by atoms with Crippen molar-refractivity contribution in [1.82, 2.24) is 4.57 Å². The third-order valence-corrected chi connectivity index (χ3v) is 7.03. The van der Waals surface area contributed by atoms with Gasteiger partial charge in [-0.05, 0) is 39.0 Å². The number of para-hydroxylation sites is 1. The number of allylic oxidation sites excluding steroid dienone is 1. The Kier molecular flexibility index (Phi) is 8.15. The third-order valence-electron chi connectivity index (χ3n) is 6.05. The van der Waals surface area contributed by atoms with Gasteiger partial charge in [0.2, 0.25) is 0 Å². The summed E-state index contributed by atoms with van der Waals surface area (Å²) < 4.78 is 23.3. The molecule has 2 aromatic carbocycles. The van der Waals surface area contributed by atoms with E-state index < -0.39 is 22.5 Å². The number of ether oxygens (including phenoxy) is 4. The number of hydrogen-bond acceptors (Lipinski definition) is 10. The average Bonchev–Trinajstić information content (AvgIpc) is 3.22. The molecule has 39 heavy (non-hydrogen) atoms. The van der Waals surface area contributed by atoms with E-state index in [9.17, 15) is 19.7 Å². The first-order valence-electron chi connectivity index (χ1n) is 12.1. The number of nitro benzene ring substituents is 1. The molecule has 1 aliphatic heterocycles. The maximum absolute atomic E-state index is 13.9. The first-order valence-corrected chi connectivity index (χ1v) is 12.9. The number of aromatic nitrogens is 1. The van der Waals surface area contributed by atoms with Crippen molar-refractivity contribution in [3.05, 3.63) is 88.6 Å². The van der Waals surface area contributed by atoms with Crippen LogP contribution in [0.25, 0.3) is 6.08 Å². The topological polar surface area (TPSA) is 131 Å². The van der Waals surface area contributed by atoms with Crippen molar-refractivity contribution in [1.29, 1.82) is 0 Å². The van der Waals surface area contributed by atoms with Crippen LogP contribution in [0.2, 0.25) is 0 Å². The smallest absolute Gasteiger partial charge is 0.338 e. The van der Waals surface area contributed by atoms with Gasteiger partial charge in [-0.25, -0.2) is 9.79 Å². The Bertz CT molecular complexity index is 1650. The molecule has 0 radical (unpaired) electrons. The molecule has 0 N–H and O–H groups in total. The van der Waals surface area contributed by atoms with Crippen LogP contribution in [-0.2, 0) is 9.53 Å². The molecular weight excluding hydrogens is 526 g/mol. The van der Waals surface area contributed by atoms with Crippen molar-refractivity contribution < 1.29 is 28.7 Å². The molecule has 2 heterocycles. The van der Waals surface area contributed by atoms with Crippen LogP contribution in [0.1, 0.15) is 37.9 Å². The first kappa shape index (κ1) is 27.6. The summed E-state index contributed by atoms with van der Waals surface area (Å²) in [5.74, 6) is 0.364. The Morgan fingerprint density at radius 3 is 2.46 bits per heavy atom. The predicted octanol–water partition coefficient (Wildman–Crippen LogP) is 3.12. The van der Waals surface area contributed by atoms with E-state index in [1.54, 1.807) is 38.1 Å². The summed E-state index contributed by atoms with van der Waals surface area (Å²) in [6.07, 6.45) is 1.42. The van der Waals surface area contributed by atoms with Crippen LogP contribution in [0.15, 0.2) is 57.5 Å². The fourth-order valence-corrected chi connectivity index (χ4v) is 5.42. The molecule has 0 saturated heterocycles. The highest BCUT2D eigenvalue weighted by molar-refractivity contribution is 7.07. The molecule has 0 fully saturated rings. The summed E-state index contributed by atoms with van der Waals surface area (Å²) in [7, 11) is 2.79. The van der Waals surface area contributed by atoms with Gasteiger partial charge in [-0.1, -0.05) is 29.5 Å². The maximum atomic E-state index is 13.9. The minimum atomic E-state index is -0.884. The monoisotopic (exact) mass is 553 g/mol. The van der Waals surface area contributed by atoms with Crippen LogP contribution in [0.5, 0.6) is 17.2 Å². The van der Waals surface area contributed by atoms with Crippen LogP contribution in [0.3, 0.4) is 0 Å². The van der Waals surface area contributed by atoms with Gasteiger partial charge in [0.05, 0.1) is 59.8 Å². The van der Waals surface area contributed by atoms with Crippen molar-refractivity contribution in [2.24, 2.45) is 4.99 Å². The number of carbonyl (C=O) groups is 1. The van der Waals surface area contributed by atoms with E-state index in [1.807, 2.05) is 6.92 Å². The number of methoxy groups -OCH3 is 2. The van der Waals surface area contributed by atoms with Crippen molar-refractivity contribution in [2.75, 3.05) is 27.4 Å². The Morgan fingerprint density at radius 1 is 1.13 bits per heavy atom. The van der Waals surface area contributed by atoms with Gasteiger partial charge in [0, 0.05) is 5.56 Å². The Labute approximate surface area is 227 Å². The number of hydrogen-bond donors (Lipinski definition) is 0. The molecule has 3 aromatic rings. The molecule has 0 spiro atoms. The third kappa shape index (κ3) is 5.15. The number of benzene rings is 2. The lowest BCUT2D eigenvalue weighted by molar-refractivity contribution is -0.385. The fourth-order valence-electron chi connectivity index (χ4n) is 4.38. The maximum Gasteiger partial charge on any atom is 0.338 e. The Hall–Kier alpha value is -4.45. The number of rotatable bonds is 9. The quantitative estimate of drug-likeness (QED) is 0.224. The van der Waals surface area contributed by atoms with Gasteiger partial charge in [0.15, 0.2) is 16.3 Å². The number of nitrogens with zero attached hydrogens (tertiary/aromatic N) is 3. The van der Waals surface area contributed by atoms with E-state index in [2.05, 4.69) is 4.99 Å². The van der Waals surface area contributed by atoms with Gasteiger partial charge in [0.25, 0.3) is 11.2 Å². The summed E-state index contributed by atoms with van der Waals surface area (Å²) in [6.45, 7) is 5.73.